The molecule has 0 bridgehead atoms. The average Bonchev–Trinajstić information content (AvgIpc) is 2.34. The Balaban J connectivity index is 2.55. The summed E-state index contributed by atoms with van der Waals surface area (Å²) in [5.74, 6) is 0.666. The van der Waals surface area contributed by atoms with Gasteiger partial charge in [-0.15, -0.1) is 0 Å². The molecular formula is C11H18N4O3. The van der Waals surface area contributed by atoms with Gasteiger partial charge in [0.1, 0.15) is 5.82 Å². The Kier molecular flexibility index (Phi) is 5.31. The van der Waals surface area contributed by atoms with Crippen LogP contribution >= 0.6 is 0 Å². The van der Waals surface area contributed by atoms with Gasteiger partial charge in [0.2, 0.25) is 5.82 Å². The summed E-state index contributed by atoms with van der Waals surface area (Å²) in [4.78, 5) is 14.2. The van der Waals surface area contributed by atoms with E-state index in [1.165, 1.54) is 12.1 Å². The highest BCUT2D eigenvalue weighted by Gasteiger charge is 2.14. The quantitative estimate of drug-likeness (QED) is 0.385. The Labute approximate surface area is 105 Å². The molecule has 0 saturated heterocycles. The van der Waals surface area contributed by atoms with Gasteiger partial charge in [-0.3, -0.25) is 10.1 Å². The third kappa shape index (κ3) is 4.17. The van der Waals surface area contributed by atoms with E-state index in [1.807, 2.05) is 6.92 Å². The van der Waals surface area contributed by atoms with Crippen molar-refractivity contribution in [1.29, 1.82) is 0 Å². The van der Waals surface area contributed by atoms with Crippen LogP contribution < -0.4 is 11.1 Å². The lowest BCUT2D eigenvalue weighted by Gasteiger charge is -2.09. The minimum Gasteiger partial charge on any atom is -0.396 e. The average molecular weight is 254 g/mol. The van der Waals surface area contributed by atoms with Crippen LogP contribution in [-0.4, -0.2) is 28.2 Å². The van der Waals surface area contributed by atoms with Crippen molar-refractivity contribution in [2.75, 3.05) is 24.2 Å². The van der Waals surface area contributed by atoms with Crippen molar-refractivity contribution in [3.63, 3.8) is 0 Å². The van der Waals surface area contributed by atoms with Gasteiger partial charge in [-0.05, 0) is 24.8 Å². The van der Waals surface area contributed by atoms with E-state index in [0.29, 0.717) is 6.54 Å². The van der Waals surface area contributed by atoms with Crippen LogP contribution in [0.4, 0.5) is 17.3 Å². The zero-order valence-corrected chi connectivity index (χ0v) is 10.3. The lowest BCUT2D eigenvalue weighted by molar-refractivity contribution is -0.384. The molecule has 1 aromatic heterocycles. The Hall–Kier alpha value is -1.89. The molecule has 1 unspecified atom stereocenters. The Morgan fingerprint density at radius 3 is 2.94 bits per heavy atom. The fourth-order valence-corrected chi connectivity index (χ4v) is 1.49. The first-order chi connectivity index (χ1) is 8.54. The van der Waals surface area contributed by atoms with Crippen LogP contribution in [0.15, 0.2) is 12.1 Å². The minimum absolute atomic E-state index is 0.0839. The van der Waals surface area contributed by atoms with Gasteiger partial charge in [0.15, 0.2) is 0 Å². The molecule has 0 aliphatic heterocycles. The van der Waals surface area contributed by atoms with E-state index in [9.17, 15) is 10.1 Å². The van der Waals surface area contributed by atoms with Crippen LogP contribution in [0.2, 0.25) is 0 Å². The van der Waals surface area contributed by atoms with Gasteiger partial charge in [-0.2, -0.15) is 0 Å². The van der Waals surface area contributed by atoms with Crippen LogP contribution in [0.25, 0.3) is 0 Å². The lowest BCUT2D eigenvalue weighted by atomic mass is 10.1. The monoisotopic (exact) mass is 254 g/mol. The largest absolute Gasteiger partial charge is 0.396 e. The number of anilines is 2. The second-order valence-electron chi connectivity index (χ2n) is 4.22. The lowest BCUT2D eigenvalue weighted by Crippen LogP contribution is -2.09. The summed E-state index contributed by atoms with van der Waals surface area (Å²) < 4.78 is 0. The van der Waals surface area contributed by atoms with Crippen LogP contribution in [0.5, 0.6) is 0 Å². The highest BCUT2D eigenvalue weighted by molar-refractivity contribution is 5.59. The van der Waals surface area contributed by atoms with Crippen molar-refractivity contribution in [3.05, 3.63) is 22.2 Å². The van der Waals surface area contributed by atoms with Crippen LogP contribution in [0.3, 0.4) is 0 Å². The summed E-state index contributed by atoms with van der Waals surface area (Å²) in [5.41, 5.74) is 5.41. The first kappa shape index (κ1) is 14.2. The molecule has 7 nitrogen and oxygen atoms in total. The number of aliphatic hydroxyl groups is 1. The van der Waals surface area contributed by atoms with E-state index in [-0.39, 0.29) is 29.8 Å². The fraction of sp³-hybridized carbons (Fsp3) is 0.545. The number of pyridine rings is 1. The molecule has 0 aromatic carbocycles. The van der Waals surface area contributed by atoms with E-state index in [2.05, 4.69) is 10.3 Å². The SMILES string of the molecule is CC(CO)CCCNc1nc(N)ccc1[N+](=O)[O-]. The number of nitrogens with one attached hydrogen (secondary N) is 1. The molecule has 0 aliphatic carbocycles. The molecule has 0 amide bonds. The molecule has 1 aromatic rings. The maximum Gasteiger partial charge on any atom is 0.311 e. The number of nitro groups is 1. The predicted octanol–water partition coefficient (Wildman–Crippen LogP) is 1.39. The zero-order chi connectivity index (χ0) is 13.5. The summed E-state index contributed by atoms with van der Waals surface area (Å²) in [6, 6.07) is 2.73. The van der Waals surface area contributed by atoms with Crippen molar-refractivity contribution < 1.29 is 10.0 Å². The van der Waals surface area contributed by atoms with Gasteiger partial charge >= 0.3 is 5.69 Å². The smallest absolute Gasteiger partial charge is 0.311 e. The second-order valence-corrected chi connectivity index (χ2v) is 4.22. The molecule has 7 heteroatoms. The van der Waals surface area contributed by atoms with E-state index < -0.39 is 4.92 Å². The summed E-state index contributed by atoms with van der Waals surface area (Å²) in [6.45, 7) is 2.65. The van der Waals surface area contributed by atoms with Gasteiger partial charge in [0, 0.05) is 19.2 Å². The number of hydrogen-bond donors (Lipinski definition) is 3. The molecule has 4 N–H and O–H groups in total. The first-order valence-electron chi connectivity index (χ1n) is 5.80. The predicted molar refractivity (Wildman–Crippen MR) is 69.3 cm³/mol. The molecule has 0 aliphatic rings. The Morgan fingerprint density at radius 1 is 1.61 bits per heavy atom. The molecule has 1 heterocycles. The normalized spacial score (nSPS) is 12.1. The highest BCUT2D eigenvalue weighted by Crippen LogP contribution is 2.22. The maximum atomic E-state index is 10.8. The third-order valence-electron chi connectivity index (χ3n) is 2.57. The molecule has 100 valence electrons. The number of nitrogen functional groups attached to an aromatic ring is 1. The van der Waals surface area contributed by atoms with Gasteiger partial charge in [-0.1, -0.05) is 6.92 Å². The summed E-state index contributed by atoms with van der Waals surface area (Å²) >= 11 is 0. The number of hydrogen-bond acceptors (Lipinski definition) is 6. The molecule has 18 heavy (non-hydrogen) atoms. The van der Waals surface area contributed by atoms with E-state index in [4.69, 9.17) is 10.8 Å². The number of aromatic nitrogens is 1. The number of nitrogens with zero attached hydrogens (tertiary/aromatic N) is 2. The van der Waals surface area contributed by atoms with Crippen molar-refractivity contribution in [1.82, 2.24) is 4.98 Å². The second kappa shape index (κ2) is 6.75. The van der Waals surface area contributed by atoms with E-state index in [0.717, 1.165) is 12.8 Å². The fourth-order valence-electron chi connectivity index (χ4n) is 1.49. The third-order valence-corrected chi connectivity index (χ3v) is 2.57. The molecule has 1 rings (SSSR count). The Morgan fingerprint density at radius 2 is 2.33 bits per heavy atom. The van der Waals surface area contributed by atoms with Gasteiger partial charge < -0.3 is 16.2 Å². The summed E-state index contributed by atoms with van der Waals surface area (Å²) in [7, 11) is 0. The van der Waals surface area contributed by atoms with Gasteiger partial charge in [0.05, 0.1) is 4.92 Å². The number of rotatable bonds is 7. The van der Waals surface area contributed by atoms with Crippen LogP contribution in [0.1, 0.15) is 19.8 Å². The van der Waals surface area contributed by atoms with Crippen molar-refractivity contribution >= 4 is 17.3 Å². The van der Waals surface area contributed by atoms with Crippen LogP contribution in [-0.2, 0) is 0 Å². The molecular weight excluding hydrogens is 236 g/mol. The van der Waals surface area contributed by atoms with Crippen LogP contribution in [0, 0.1) is 16.0 Å². The van der Waals surface area contributed by atoms with Gasteiger partial charge in [0.25, 0.3) is 0 Å². The number of aliphatic hydroxyl groups excluding tert-OH is 1. The van der Waals surface area contributed by atoms with Gasteiger partial charge in [-0.25, -0.2) is 4.98 Å². The van der Waals surface area contributed by atoms with E-state index >= 15 is 0 Å². The van der Waals surface area contributed by atoms with E-state index in [1.54, 1.807) is 0 Å². The summed E-state index contributed by atoms with van der Waals surface area (Å²) in [6.07, 6.45) is 1.65. The van der Waals surface area contributed by atoms with Crippen molar-refractivity contribution in [3.8, 4) is 0 Å². The molecule has 0 radical (unpaired) electrons. The zero-order valence-electron chi connectivity index (χ0n) is 10.3. The topological polar surface area (TPSA) is 114 Å². The van der Waals surface area contributed by atoms with Crippen molar-refractivity contribution in [2.45, 2.75) is 19.8 Å². The molecule has 0 fully saturated rings. The standard InChI is InChI=1S/C11H18N4O3/c1-8(7-16)3-2-6-13-11-9(15(17)18)4-5-10(12)14-11/h4-5,8,16H,2-3,6-7H2,1H3,(H3,12,13,14). The molecule has 1 atom stereocenters. The molecule has 0 saturated carbocycles. The maximum absolute atomic E-state index is 10.8. The minimum atomic E-state index is -0.495. The molecule has 0 spiro atoms. The number of nitrogens with two attached hydrogens (primary N) is 1. The highest BCUT2D eigenvalue weighted by atomic mass is 16.6. The first-order valence-corrected chi connectivity index (χ1v) is 5.80. The summed E-state index contributed by atoms with van der Waals surface area (Å²) in [5, 5.41) is 22.5. The van der Waals surface area contributed by atoms with Crippen molar-refractivity contribution in [2.24, 2.45) is 5.92 Å². The Bertz CT molecular complexity index is 411.